The minimum absolute atomic E-state index is 0.0419. The third-order valence-electron chi connectivity index (χ3n) is 5.02. The van der Waals surface area contributed by atoms with Crippen molar-refractivity contribution in [3.05, 3.63) is 53.1 Å². The quantitative estimate of drug-likeness (QED) is 0.791. The van der Waals surface area contributed by atoms with E-state index in [0.717, 1.165) is 17.0 Å². The van der Waals surface area contributed by atoms with Gasteiger partial charge in [-0.2, -0.15) is 0 Å². The second kappa shape index (κ2) is 7.72. The van der Waals surface area contributed by atoms with Gasteiger partial charge < -0.3 is 19.3 Å². The molecule has 146 valence electrons. The second-order valence-electron chi connectivity index (χ2n) is 7.05. The monoisotopic (exact) mass is 400 g/mol. The van der Waals surface area contributed by atoms with Crippen LogP contribution in [-0.2, 0) is 16.1 Å². The number of hydrogen-bond acceptors (Lipinski definition) is 4. The Bertz CT molecular complexity index is 900. The molecule has 28 heavy (non-hydrogen) atoms. The largest absolute Gasteiger partial charge is 0.486 e. The lowest BCUT2D eigenvalue weighted by Crippen LogP contribution is -2.34. The predicted octanol–water partition coefficient (Wildman–Crippen LogP) is 3.12. The molecule has 7 heteroatoms. The Hall–Kier alpha value is -2.73. The fourth-order valence-corrected chi connectivity index (χ4v) is 3.72. The summed E-state index contributed by atoms with van der Waals surface area (Å²) in [4.78, 5) is 28.6. The summed E-state index contributed by atoms with van der Waals surface area (Å²) in [6.07, 6.45) is 0.215. The number of carbonyl (C=O) groups excluding carboxylic acids is 2. The molecule has 0 aliphatic carbocycles. The Morgan fingerprint density at radius 2 is 1.86 bits per heavy atom. The molecule has 1 fully saturated rings. The molecule has 0 aromatic heterocycles. The molecule has 2 aliphatic heterocycles. The van der Waals surface area contributed by atoms with Crippen LogP contribution in [0.2, 0.25) is 5.02 Å². The molecule has 6 nitrogen and oxygen atoms in total. The highest BCUT2D eigenvalue weighted by molar-refractivity contribution is 6.30. The van der Waals surface area contributed by atoms with Gasteiger partial charge in [-0.25, -0.2) is 0 Å². The lowest BCUT2D eigenvalue weighted by molar-refractivity contribution is -0.135. The maximum absolute atomic E-state index is 12.9. The van der Waals surface area contributed by atoms with Crippen LogP contribution in [0.1, 0.15) is 12.0 Å². The van der Waals surface area contributed by atoms with Gasteiger partial charge in [-0.15, -0.1) is 0 Å². The zero-order valence-electron chi connectivity index (χ0n) is 15.6. The van der Waals surface area contributed by atoms with Crippen LogP contribution in [-0.4, -0.2) is 43.5 Å². The number of anilines is 1. The van der Waals surface area contributed by atoms with E-state index in [-0.39, 0.29) is 24.2 Å². The van der Waals surface area contributed by atoms with Crippen molar-refractivity contribution < 1.29 is 19.1 Å². The van der Waals surface area contributed by atoms with Gasteiger partial charge in [0.15, 0.2) is 11.5 Å². The van der Waals surface area contributed by atoms with Gasteiger partial charge in [0.2, 0.25) is 11.8 Å². The number of ether oxygens (including phenoxy) is 2. The van der Waals surface area contributed by atoms with Crippen LogP contribution in [0.4, 0.5) is 5.69 Å². The number of amides is 2. The Morgan fingerprint density at radius 3 is 2.61 bits per heavy atom. The second-order valence-corrected chi connectivity index (χ2v) is 7.49. The molecule has 0 saturated carbocycles. The molecule has 0 bridgehead atoms. The molecule has 0 spiro atoms. The number of benzene rings is 2. The molecule has 4 rings (SSSR count). The van der Waals surface area contributed by atoms with Crippen LogP contribution in [0.15, 0.2) is 42.5 Å². The average molecular weight is 401 g/mol. The standard InChI is InChI=1S/C21H21ClN2O4/c1-23(12-14-2-7-18-19(10-14)28-9-8-27-18)21(26)15-11-20(25)24(13-15)17-5-3-16(22)4-6-17/h2-7,10,15H,8-9,11-13H2,1H3. The number of nitrogens with zero attached hydrogens (tertiary/aromatic N) is 2. The molecule has 0 N–H and O–H groups in total. The van der Waals surface area contributed by atoms with Gasteiger partial charge in [-0.05, 0) is 42.0 Å². The van der Waals surface area contributed by atoms with E-state index < -0.39 is 0 Å². The van der Waals surface area contributed by atoms with E-state index in [4.69, 9.17) is 21.1 Å². The van der Waals surface area contributed by atoms with Crippen LogP contribution in [0.3, 0.4) is 0 Å². The highest BCUT2D eigenvalue weighted by Crippen LogP contribution is 2.32. The third kappa shape index (κ3) is 3.78. The summed E-state index contributed by atoms with van der Waals surface area (Å²) in [5.74, 6) is 0.983. The van der Waals surface area contributed by atoms with Gasteiger partial charge in [0.1, 0.15) is 13.2 Å². The van der Waals surface area contributed by atoms with Crippen LogP contribution >= 0.6 is 11.6 Å². The van der Waals surface area contributed by atoms with Crippen molar-refractivity contribution in [2.24, 2.45) is 5.92 Å². The molecule has 1 saturated heterocycles. The number of rotatable bonds is 4. The van der Waals surface area contributed by atoms with E-state index in [9.17, 15) is 9.59 Å². The normalized spacial score (nSPS) is 18.3. The summed E-state index contributed by atoms with van der Waals surface area (Å²) in [6, 6.07) is 12.8. The van der Waals surface area contributed by atoms with Gasteiger partial charge in [0.05, 0.1) is 5.92 Å². The van der Waals surface area contributed by atoms with E-state index in [0.29, 0.717) is 37.1 Å². The minimum atomic E-state index is -0.356. The molecule has 1 atom stereocenters. The molecular formula is C21H21ClN2O4. The fraction of sp³-hybridized carbons (Fsp3) is 0.333. The molecule has 0 radical (unpaired) electrons. The van der Waals surface area contributed by atoms with Crippen molar-refractivity contribution in [3.8, 4) is 11.5 Å². The summed E-state index contributed by atoms with van der Waals surface area (Å²) in [5.41, 5.74) is 1.72. The van der Waals surface area contributed by atoms with E-state index >= 15 is 0 Å². The Balaban J connectivity index is 1.41. The van der Waals surface area contributed by atoms with Gasteiger partial charge in [0.25, 0.3) is 0 Å². The fourth-order valence-electron chi connectivity index (χ4n) is 3.59. The summed E-state index contributed by atoms with van der Waals surface area (Å²) >= 11 is 5.92. The first-order valence-corrected chi connectivity index (χ1v) is 9.58. The zero-order chi connectivity index (χ0) is 19.7. The third-order valence-corrected chi connectivity index (χ3v) is 5.27. The van der Waals surface area contributed by atoms with Crippen molar-refractivity contribution in [1.82, 2.24) is 4.90 Å². The summed E-state index contributed by atoms with van der Waals surface area (Å²) in [6.45, 7) is 1.90. The molecule has 2 amide bonds. The summed E-state index contributed by atoms with van der Waals surface area (Å²) in [7, 11) is 1.76. The van der Waals surface area contributed by atoms with Crippen molar-refractivity contribution in [2.75, 3.05) is 31.7 Å². The van der Waals surface area contributed by atoms with Crippen LogP contribution in [0.25, 0.3) is 0 Å². The Labute approximate surface area is 168 Å². The topological polar surface area (TPSA) is 59.1 Å². The molecule has 1 unspecified atom stereocenters. The van der Waals surface area contributed by atoms with E-state index in [1.165, 1.54) is 0 Å². The first-order chi connectivity index (χ1) is 13.5. The average Bonchev–Trinajstić information content (AvgIpc) is 3.09. The first kappa shape index (κ1) is 18.6. The minimum Gasteiger partial charge on any atom is -0.486 e. The van der Waals surface area contributed by atoms with E-state index in [1.807, 2.05) is 18.2 Å². The van der Waals surface area contributed by atoms with Gasteiger partial charge in [-0.1, -0.05) is 17.7 Å². The van der Waals surface area contributed by atoms with Crippen molar-refractivity contribution >= 4 is 29.1 Å². The molecule has 2 aliphatic rings. The Morgan fingerprint density at radius 1 is 1.14 bits per heavy atom. The summed E-state index contributed by atoms with van der Waals surface area (Å²) < 4.78 is 11.1. The smallest absolute Gasteiger partial charge is 0.228 e. The highest BCUT2D eigenvalue weighted by Gasteiger charge is 2.36. The maximum Gasteiger partial charge on any atom is 0.228 e. The molecule has 2 aromatic carbocycles. The SMILES string of the molecule is CN(Cc1ccc2c(c1)OCCO2)C(=O)C1CC(=O)N(c2ccc(Cl)cc2)C1. The lowest BCUT2D eigenvalue weighted by Gasteiger charge is -2.23. The lowest BCUT2D eigenvalue weighted by atomic mass is 10.1. The van der Waals surface area contributed by atoms with Crippen LogP contribution in [0, 0.1) is 5.92 Å². The van der Waals surface area contributed by atoms with Crippen molar-refractivity contribution in [3.63, 3.8) is 0 Å². The molecular weight excluding hydrogens is 380 g/mol. The van der Waals surface area contributed by atoms with E-state index in [2.05, 4.69) is 0 Å². The first-order valence-electron chi connectivity index (χ1n) is 9.20. The zero-order valence-corrected chi connectivity index (χ0v) is 16.3. The number of hydrogen-bond donors (Lipinski definition) is 0. The van der Waals surface area contributed by atoms with Gasteiger partial charge in [0, 0.05) is 37.3 Å². The number of carbonyl (C=O) groups is 2. The number of fused-ring (bicyclic) bond motifs is 1. The summed E-state index contributed by atoms with van der Waals surface area (Å²) in [5, 5.41) is 0.613. The van der Waals surface area contributed by atoms with Gasteiger partial charge in [-0.3, -0.25) is 9.59 Å². The van der Waals surface area contributed by atoms with Crippen LogP contribution in [0.5, 0.6) is 11.5 Å². The number of halogens is 1. The molecule has 2 aromatic rings. The highest BCUT2D eigenvalue weighted by atomic mass is 35.5. The maximum atomic E-state index is 12.9. The van der Waals surface area contributed by atoms with Gasteiger partial charge >= 0.3 is 0 Å². The predicted molar refractivity (Wildman–Crippen MR) is 106 cm³/mol. The van der Waals surface area contributed by atoms with Crippen molar-refractivity contribution in [1.29, 1.82) is 0 Å². The molecule has 2 heterocycles. The Kier molecular flexibility index (Phi) is 5.13. The van der Waals surface area contributed by atoms with E-state index in [1.54, 1.807) is 41.1 Å². The van der Waals surface area contributed by atoms with Crippen LogP contribution < -0.4 is 14.4 Å². The van der Waals surface area contributed by atoms with Crippen molar-refractivity contribution in [2.45, 2.75) is 13.0 Å².